The number of alkyl halides is 3. The lowest BCUT2D eigenvalue weighted by molar-refractivity contribution is -0.137. The first kappa shape index (κ1) is 15.1. The van der Waals surface area contributed by atoms with Gasteiger partial charge in [-0.2, -0.15) is 13.2 Å². The fourth-order valence-electron chi connectivity index (χ4n) is 2.92. The van der Waals surface area contributed by atoms with Gasteiger partial charge < -0.3 is 0 Å². The van der Waals surface area contributed by atoms with Crippen molar-refractivity contribution >= 4 is 29.1 Å². The fourth-order valence-corrected chi connectivity index (χ4v) is 3.15. The van der Waals surface area contributed by atoms with E-state index in [2.05, 4.69) is 0 Å². The molecule has 1 aromatic rings. The number of nitrogens with zero attached hydrogens (tertiary/aromatic N) is 1. The smallest absolute Gasteiger partial charge is 0.274 e. The lowest BCUT2D eigenvalue weighted by Crippen LogP contribution is -2.31. The molecule has 2 amide bonds. The van der Waals surface area contributed by atoms with Crippen LogP contribution in [0.1, 0.15) is 18.4 Å². The van der Waals surface area contributed by atoms with Crippen LogP contribution in [0.15, 0.2) is 30.4 Å². The second kappa shape index (κ2) is 5.12. The van der Waals surface area contributed by atoms with Crippen molar-refractivity contribution in [3.8, 4) is 0 Å². The van der Waals surface area contributed by atoms with Gasteiger partial charge in [-0.15, -0.1) is 0 Å². The maximum absolute atomic E-state index is 12.9. The summed E-state index contributed by atoms with van der Waals surface area (Å²) in [5, 5.41) is -0.463. The summed E-state index contributed by atoms with van der Waals surface area (Å²) in [6, 6.07) is 3.07. The first-order valence-electron chi connectivity index (χ1n) is 6.70. The Kier molecular flexibility index (Phi) is 3.51. The van der Waals surface area contributed by atoms with E-state index in [0.717, 1.165) is 17.0 Å². The lowest BCUT2D eigenvalue weighted by Gasteiger charge is -2.17. The zero-order valence-corrected chi connectivity index (χ0v) is 12.0. The third kappa shape index (κ3) is 2.31. The van der Waals surface area contributed by atoms with E-state index in [1.54, 1.807) is 0 Å². The first-order chi connectivity index (χ1) is 10.3. The number of anilines is 1. The normalized spacial score (nSPS) is 24.8. The van der Waals surface area contributed by atoms with Crippen LogP contribution in [0.4, 0.5) is 18.9 Å². The number of allylic oxidation sites excluding steroid dienone is 2. The molecule has 7 heteroatoms. The standard InChI is InChI=1S/C15H11ClF3NO2/c16-12-6-5-8(7-11(12)15(17,18)19)20-13(21)9-3-1-2-4-10(9)14(20)22/h1-2,5-7,9-10H,3-4H2. The van der Waals surface area contributed by atoms with E-state index in [1.807, 2.05) is 12.2 Å². The molecular weight excluding hydrogens is 319 g/mol. The van der Waals surface area contributed by atoms with E-state index >= 15 is 0 Å². The van der Waals surface area contributed by atoms with Crippen molar-refractivity contribution in [3.63, 3.8) is 0 Å². The van der Waals surface area contributed by atoms with Crippen molar-refractivity contribution in [2.24, 2.45) is 11.8 Å². The molecule has 3 nitrogen and oxygen atoms in total. The second-order valence-corrected chi connectivity index (χ2v) is 5.74. The van der Waals surface area contributed by atoms with Gasteiger partial charge in [-0.05, 0) is 31.0 Å². The number of fused-ring (bicyclic) bond motifs is 1. The Morgan fingerprint density at radius 3 is 2.09 bits per heavy atom. The SMILES string of the molecule is O=C1C2CC=CCC2C(=O)N1c1ccc(Cl)c(C(F)(F)F)c1. The topological polar surface area (TPSA) is 37.4 Å². The van der Waals surface area contributed by atoms with E-state index in [9.17, 15) is 22.8 Å². The van der Waals surface area contributed by atoms with Crippen LogP contribution in [0, 0.1) is 11.8 Å². The Morgan fingerprint density at radius 2 is 1.59 bits per heavy atom. The van der Waals surface area contributed by atoms with E-state index in [4.69, 9.17) is 11.6 Å². The molecule has 0 N–H and O–H groups in total. The minimum Gasteiger partial charge on any atom is -0.274 e. The number of amides is 2. The summed E-state index contributed by atoms with van der Waals surface area (Å²) in [7, 11) is 0. The summed E-state index contributed by atoms with van der Waals surface area (Å²) in [6.07, 6.45) is -0.137. The van der Waals surface area contributed by atoms with Crippen LogP contribution in [-0.4, -0.2) is 11.8 Å². The highest BCUT2D eigenvalue weighted by Gasteiger charge is 2.48. The molecule has 0 saturated carbocycles. The highest BCUT2D eigenvalue weighted by molar-refractivity contribution is 6.31. The minimum atomic E-state index is -4.65. The van der Waals surface area contributed by atoms with Gasteiger partial charge in [-0.3, -0.25) is 14.5 Å². The van der Waals surface area contributed by atoms with Crippen LogP contribution in [-0.2, 0) is 15.8 Å². The molecule has 1 aromatic carbocycles. The van der Waals surface area contributed by atoms with Crippen molar-refractivity contribution in [1.29, 1.82) is 0 Å². The second-order valence-electron chi connectivity index (χ2n) is 5.33. The van der Waals surface area contributed by atoms with Crippen molar-refractivity contribution in [2.75, 3.05) is 4.90 Å². The third-order valence-corrected chi connectivity index (χ3v) is 4.35. The average molecular weight is 330 g/mol. The van der Waals surface area contributed by atoms with Gasteiger partial charge in [0.2, 0.25) is 11.8 Å². The number of hydrogen-bond acceptors (Lipinski definition) is 2. The molecule has 1 fully saturated rings. The van der Waals surface area contributed by atoms with Crippen LogP contribution in [0.5, 0.6) is 0 Å². The number of carbonyl (C=O) groups is 2. The largest absolute Gasteiger partial charge is 0.417 e. The summed E-state index contributed by atoms with van der Waals surface area (Å²) in [5.41, 5.74) is -1.14. The number of halogens is 4. The van der Waals surface area contributed by atoms with Crippen molar-refractivity contribution in [2.45, 2.75) is 19.0 Å². The number of rotatable bonds is 1. The van der Waals surface area contributed by atoms with Crippen molar-refractivity contribution < 1.29 is 22.8 Å². The quantitative estimate of drug-likeness (QED) is 0.580. The van der Waals surface area contributed by atoms with Crippen LogP contribution in [0.25, 0.3) is 0 Å². The van der Waals surface area contributed by atoms with Crippen molar-refractivity contribution in [3.05, 3.63) is 40.9 Å². The molecule has 0 aromatic heterocycles. The Labute approximate surface area is 129 Å². The number of benzene rings is 1. The van der Waals surface area contributed by atoms with Crippen LogP contribution in [0.2, 0.25) is 5.02 Å². The summed E-state index contributed by atoms with van der Waals surface area (Å²) in [6.45, 7) is 0. The number of imide groups is 1. The predicted molar refractivity (Wildman–Crippen MR) is 74.3 cm³/mol. The van der Waals surface area contributed by atoms with E-state index in [-0.39, 0.29) is 5.69 Å². The van der Waals surface area contributed by atoms with Gasteiger partial charge in [-0.1, -0.05) is 23.8 Å². The Balaban J connectivity index is 2.02. The Hall–Kier alpha value is -1.82. The molecule has 1 heterocycles. The monoisotopic (exact) mass is 329 g/mol. The van der Waals surface area contributed by atoms with Crippen LogP contribution in [0.3, 0.4) is 0 Å². The van der Waals surface area contributed by atoms with Crippen LogP contribution >= 0.6 is 11.6 Å². The molecule has 2 aliphatic rings. The zero-order chi connectivity index (χ0) is 16.1. The average Bonchev–Trinajstić information content (AvgIpc) is 2.71. The third-order valence-electron chi connectivity index (χ3n) is 4.02. The van der Waals surface area contributed by atoms with Gasteiger partial charge >= 0.3 is 6.18 Å². The molecular formula is C15H11ClF3NO2. The van der Waals surface area contributed by atoms with Gasteiger partial charge in [-0.25, -0.2) is 0 Å². The molecule has 22 heavy (non-hydrogen) atoms. The van der Waals surface area contributed by atoms with Gasteiger partial charge in [0.25, 0.3) is 0 Å². The van der Waals surface area contributed by atoms with Crippen LogP contribution < -0.4 is 4.90 Å². The first-order valence-corrected chi connectivity index (χ1v) is 7.08. The van der Waals surface area contributed by atoms with E-state index in [0.29, 0.717) is 12.8 Å². The lowest BCUT2D eigenvalue weighted by atomic mass is 9.85. The molecule has 2 atom stereocenters. The van der Waals surface area contributed by atoms with Gasteiger partial charge in [0.1, 0.15) is 0 Å². The molecule has 116 valence electrons. The number of carbonyl (C=O) groups excluding carboxylic acids is 2. The minimum absolute atomic E-state index is 0.0823. The maximum atomic E-state index is 12.9. The highest BCUT2D eigenvalue weighted by Crippen LogP contribution is 2.41. The molecule has 0 bridgehead atoms. The molecule has 1 aliphatic heterocycles. The van der Waals surface area contributed by atoms with E-state index < -0.39 is 40.4 Å². The molecule has 2 unspecified atom stereocenters. The highest BCUT2D eigenvalue weighted by atomic mass is 35.5. The zero-order valence-electron chi connectivity index (χ0n) is 11.2. The summed E-state index contributed by atoms with van der Waals surface area (Å²) < 4.78 is 38.8. The summed E-state index contributed by atoms with van der Waals surface area (Å²) >= 11 is 5.56. The molecule has 0 radical (unpaired) electrons. The number of hydrogen-bond donors (Lipinski definition) is 0. The van der Waals surface area contributed by atoms with Gasteiger partial charge in [0.05, 0.1) is 28.1 Å². The van der Waals surface area contributed by atoms with Crippen molar-refractivity contribution in [1.82, 2.24) is 0 Å². The molecule has 3 rings (SSSR count). The Morgan fingerprint density at radius 1 is 1.05 bits per heavy atom. The molecule has 1 saturated heterocycles. The molecule has 0 spiro atoms. The maximum Gasteiger partial charge on any atom is 0.417 e. The summed E-state index contributed by atoms with van der Waals surface area (Å²) in [4.78, 5) is 25.6. The molecule has 1 aliphatic carbocycles. The Bertz CT molecular complexity index is 658. The van der Waals surface area contributed by atoms with E-state index in [1.165, 1.54) is 6.07 Å². The fraction of sp³-hybridized carbons (Fsp3) is 0.333. The van der Waals surface area contributed by atoms with Gasteiger partial charge in [0, 0.05) is 0 Å². The summed E-state index contributed by atoms with van der Waals surface area (Å²) in [5.74, 6) is -1.87. The predicted octanol–water partition coefficient (Wildman–Crippen LogP) is 3.81. The van der Waals surface area contributed by atoms with Gasteiger partial charge in [0.15, 0.2) is 0 Å².